The summed E-state index contributed by atoms with van der Waals surface area (Å²) in [4.78, 5) is 2.58. The second-order valence-corrected chi connectivity index (χ2v) is 7.08. The molecule has 2 N–H and O–H groups in total. The van der Waals surface area contributed by atoms with Crippen LogP contribution in [0.1, 0.15) is 69.0 Å². The van der Waals surface area contributed by atoms with E-state index in [4.69, 9.17) is 5.73 Å². The van der Waals surface area contributed by atoms with Crippen molar-refractivity contribution in [3.63, 3.8) is 0 Å². The summed E-state index contributed by atoms with van der Waals surface area (Å²) in [7, 11) is 0. The van der Waals surface area contributed by atoms with E-state index in [0.717, 1.165) is 5.92 Å². The molecule has 110 valence electrons. The van der Waals surface area contributed by atoms with Gasteiger partial charge in [-0.05, 0) is 69.7 Å². The van der Waals surface area contributed by atoms with Crippen molar-refractivity contribution in [2.24, 2.45) is 5.73 Å². The Kier molecular flexibility index (Phi) is 3.87. The molecule has 2 fully saturated rings. The monoisotopic (exact) mass is 272 g/mol. The largest absolute Gasteiger partial charge is 0.322 e. The Morgan fingerprint density at radius 2 is 1.75 bits per heavy atom. The number of rotatable bonds is 4. The maximum absolute atomic E-state index is 6.73. The van der Waals surface area contributed by atoms with E-state index in [1.807, 2.05) is 0 Å². The van der Waals surface area contributed by atoms with Gasteiger partial charge in [-0.15, -0.1) is 0 Å². The van der Waals surface area contributed by atoms with Crippen molar-refractivity contribution in [3.05, 3.63) is 35.4 Å². The second-order valence-electron chi connectivity index (χ2n) is 7.08. The Balaban J connectivity index is 1.87. The van der Waals surface area contributed by atoms with Crippen LogP contribution in [0.25, 0.3) is 0 Å². The molecule has 3 rings (SSSR count). The Morgan fingerprint density at radius 1 is 1.10 bits per heavy atom. The van der Waals surface area contributed by atoms with Gasteiger partial charge in [0, 0.05) is 11.6 Å². The van der Waals surface area contributed by atoms with Gasteiger partial charge in [-0.3, -0.25) is 4.90 Å². The quantitative estimate of drug-likeness (QED) is 0.902. The van der Waals surface area contributed by atoms with Crippen LogP contribution in [0.5, 0.6) is 0 Å². The van der Waals surface area contributed by atoms with Crippen molar-refractivity contribution in [2.45, 2.75) is 63.5 Å². The van der Waals surface area contributed by atoms with E-state index in [2.05, 4.69) is 43.0 Å². The highest BCUT2D eigenvalue weighted by atomic mass is 15.2. The van der Waals surface area contributed by atoms with Crippen molar-refractivity contribution in [3.8, 4) is 0 Å². The van der Waals surface area contributed by atoms with E-state index in [9.17, 15) is 0 Å². The van der Waals surface area contributed by atoms with Crippen molar-refractivity contribution >= 4 is 0 Å². The summed E-state index contributed by atoms with van der Waals surface area (Å²) in [5.41, 5.74) is 9.68. The molecular weight excluding hydrogens is 244 g/mol. The van der Waals surface area contributed by atoms with Gasteiger partial charge < -0.3 is 5.73 Å². The third-order valence-corrected chi connectivity index (χ3v) is 5.56. The fourth-order valence-electron chi connectivity index (χ4n) is 3.76. The van der Waals surface area contributed by atoms with Crippen molar-refractivity contribution < 1.29 is 0 Å². The lowest BCUT2D eigenvalue weighted by Gasteiger charge is -2.42. The lowest BCUT2D eigenvalue weighted by atomic mass is 9.75. The maximum Gasteiger partial charge on any atom is 0.0479 e. The minimum Gasteiger partial charge on any atom is -0.322 e. The Labute approximate surface area is 123 Å². The standard InChI is InChI=1S/C18H28N2/c1-18(2,20-12-5-6-13-20)17(19)16-11-4-3-10-15(16)14-8-7-9-14/h3-4,10-11,14,17H,5-9,12-13,19H2,1-2H3. The minimum absolute atomic E-state index is 0.0519. The molecule has 2 aliphatic rings. The van der Waals surface area contributed by atoms with E-state index >= 15 is 0 Å². The molecule has 1 atom stereocenters. The van der Waals surface area contributed by atoms with Gasteiger partial charge in [-0.1, -0.05) is 30.7 Å². The summed E-state index contributed by atoms with van der Waals surface area (Å²) in [5, 5.41) is 0. The van der Waals surface area contributed by atoms with E-state index < -0.39 is 0 Å². The van der Waals surface area contributed by atoms with Crippen LogP contribution in [0.15, 0.2) is 24.3 Å². The minimum atomic E-state index is 0.0519. The molecule has 1 aromatic rings. The topological polar surface area (TPSA) is 29.3 Å². The van der Waals surface area contributed by atoms with Gasteiger partial charge in [-0.2, -0.15) is 0 Å². The van der Waals surface area contributed by atoms with Gasteiger partial charge in [0.25, 0.3) is 0 Å². The zero-order valence-electron chi connectivity index (χ0n) is 12.9. The average molecular weight is 272 g/mol. The molecule has 1 unspecified atom stereocenters. The predicted molar refractivity (Wildman–Crippen MR) is 84.8 cm³/mol. The fourth-order valence-corrected chi connectivity index (χ4v) is 3.76. The molecule has 1 saturated heterocycles. The van der Waals surface area contributed by atoms with Crippen LogP contribution in [-0.2, 0) is 0 Å². The highest BCUT2D eigenvalue weighted by Gasteiger charge is 2.37. The second kappa shape index (κ2) is 5.50. The highest BCUT2D eigenvalue weighted by Crippen LogP contribution is 2.41. The van der Waals surface area contributed by atoms with E-state index in [1.165, 1.54) is 56.3 Å². The first-order chi connectivity index (χ1) is 9.60. The first-order valence-electron chi connectivity index (χ1n) is 8.20. The first kappa shape index (κ1) is 14.1. The van der Waals surface area contributed by atoms with Gasteiger partial charge in [0.2, 0.25) is 0 Å². The predicted octanol–water partition coefficient (Wildman–Crippen LogP) is 3.83. The molecule has 0 amide bonds. The summed E-state index contributed by atoms with van der Waals surface area (Å²) in [6.07, 6.45) is 6.70. The summed E-state index contributed by atoms with van der Waals surface area (Å²) in [5.74, 6) is 0.756. The van der Waals surface area contributed by atoms with Crippen molar-refractivity contribution in [1.29, 1.82) is 0 Å². The third-order valence-electron chi connectivity index (χ3n) is 5.56. The third kappa shape index (κ3) is 2.40. The van der Waals surface area contributed by atoms with Gasteiger partial charge >= 0.3 is 0 Å². The normalized spacial score (nSPS) is 22.8. The zero-order chi connectivity index (χ0) is 14.2. The van der Waals surface area contributed by atoms with Crippen LogP contribution in [0.2, 0.25) is 0 Å². The van der Waals surface area contributed by atoms with Crippen LogP contribution >= 0.6 is 0 Å². The van der Waals surface area contributed by atoms with Crippen LogP contribution in [0.3, 0.4) is 0 Å². The van der Waals surface area contributed by atoms with Gasteiger partial charge in [0.05, 0.1) is 0 Å². The Morgan fingerprint density at radius 3 is 2.35 bits per heavy atom. The number of hydrogen-bond acceptors (Lipinski definition) is 2. The van der Waals surface area contributed by atoms with Gasteiger partial charge in [-0.25, -0.2) is 0 Å². The lowest BCUT2D eigenvalue weighted by molar-refractivity contribution is 0.123. The van der Waals surface area contributed by atoms with Crippen LogP contribution < -0.4 is 5.73 Å². The SMILES string of the molecule is CC(C)(C(N)c1ccccc1C1CCC1)N1CCCC1. The number of hydrogen-bond donors (Lipinski definition) is 1. The van der Waals surface area contributed by atoms with E-state index in [-0.39, 0.29) is 11.6 Å². The molecule has 20 heavy (non-hydrogen) atoms. The average Bonchev–Trinajstić information content (AvgIpc) is 2.91. The number of nitrogens with two attached hydrogens (primary N) is 1. The Hall–Kier alpha value is -0.860. The van der Waals surface area contributed by atoms with Crippen LogP contribution in [0, 0.1) is 0 Å². The summed E-state index contributed by atoms with van der Waals surface area (Å²) < 4.78 is 0. The molecule has 1 heterocycles. The van der Waals surface area contributed by atoms with Gasteiger partial charge in [0.15, 0.2) is 0 Å². The first-order valence-corrected chi connectivity index (χ1v) is 8.20. The molecular formula is C18H28N2. The number of benzene rings is 1. The van der Waals surface area contributed by atoms with Crippen LogP contribution in [-0.4, -0.2) is 23.5 Å². The lowest BCUT2D eigenvalue weighted by Crippen LogP contribution is -2.50. The maximum atomic E-state index is 6.73. The summed E-state index contributed by atoms with van der Waals surface area (Å²) >= 11 is 0. The van der Waals surface area contributed by atoms with Crippen LogP contribution in [0.4, 0.5) is 0 Å². The molecule has 1 aliphatic carbocycles. The van der Waals surface area contributed by atoms with Gasteiger partial charge in [0.1, 0.15) is 0 Å². The molecule has 0 radical (unpaired) electrons. The summed E-state index contributed by atoms with van der Waals surface area (Å²) in [6.45, 7) is 7.04. The van der Waals surface area contributed by atoms with E-state index in [0.29, 0.717) is 0 Å². The highest BCUT2D eigenvalue weighted by molar-refractivity contribution is 5.35. The van der Waals surface area contributed by atoms with Crippen molar-refractivity contribution in [1.82, 2.24) is 4.90 Å². The molecule has 0 bridgehead atoms. The Bertz CT molecular complexity index is 456. The molecule has 0 spiro atoms. The molecule has 1 aromatic carbocycles. The molecule has 1 saturated carbocycles. The fraction of sp³-hybridized carbons (Fsp3) is 0.667. The smallest absolute Gasteiger partial charge is 0.0479 e. The summed E-state index contributed by atoms with van der Waals surface area (Å²) in [6, 6.07) is 9.00. The van der Waals surface area contributed by atoms with Crippen molar-refractivity contribution in [2.75, 3.05) is 13.1 Å². The zero-order valence-corrected chi connectivity index (χ0v) is 12.9. The molecule has 2 heteroatoms. The number of nitrogens with zero attached hydrogens (tertiary/aromatic N) is 1. The molecule has 1 aliphatic heterocycles. The van der Waals surface area contributed by atoms with E-state index in [1.54, 1.807) is 0 Å². The molecule has 2 nitrogen and oxygen atoms in total. The number of likely N-dealkylation sites (tertiary alicyclic amines) is 1. The molecule has 0 aromatic heterocycles.